The summed E-state index contributed by atoms with van der Waals surface area (Å²) in [5, 5.41) is 5.79. The van der Waals surface area contributed by atoms with E-state index in [-0.39, 0.29) is 11.8 Å². The fourth-order valence-electron chi connectivity index (χ4n) is 2.64. The Morgan fingerprint density at radius 2 is 1.74 bits per heavy atom. The lowest BCUT2D eigenvalue weighted by atomic mass is 10.1. The Morgan fingerprint density at radius 3 is 2.48 bits per heavy atom. The minimum Gasteiger partial charge on any atom is -0.352 e. The molecule has 0 saturated heterocycles. The highest BCUT2D eigenvalue weighted by Crippen LogP contribution is 2.16. The topological polar surface area (TPSA) is 71.1 Å². The SMILES string of the molecule is Cc1ccc(CC(=O)NCc2ccccc2NC(=O)c2cccnc2)cc1. The number of nitrogens with one attached hydrogen (secondary N) is 2. The van der Waals surface area contributed by atoms with E-state index in [4.69, 9.17) is 0 Å². The minimum absolute atomic E-state index is 0.0627. The summed E-state index contributed by atoms with van der Waals surface area (Å²) >= 11 is 0. The zero-order valence-electron chi connectivity index (χ0n) is 15.1. The monoisotopic (exact) mass is 359 g/mol. The lowest BCUT2D eigenvalue weighted by Crippen LogP contribution is -2.25. The summed E-state index contributed by atoms with van der Waals surface area (Å²) in [4.78, 5) is 28.5. The van der Waals surface area contributed by atoms with Gasteiger partial charge in [-0.25, -0.2) is 0 Å². The molecule has 0 aliphatic carbocycles. The largest absolute Gasteiger partial charge is 0.352 e. The number of para-hydroxylation sites is 1. The highest BCUT2D eigenvalue weighted by molar-refractivity contribution is 6.04. The van der Waals surface area contributed by atoms with E-state index < -0.39 is 0 Å². The predicted octanol–water partition coefficient (Wildman–Crippen LogP) is 3.50. The van der Waals surface area contributed by atoms with Crippen LogP contribution in [0.4, 0.5) is 5.69 Å². The molecular formula is C22H21N3O2. The van der Waals surface area contributed by atoms with Gasteiger partial charge in [-0.05, 0) is 36.2 Å². The number of carbonyl (C=O) groups excluding carboxylic acids is 2. The number of carbonyl (C=O) groups is 2. The molecule has 0 radical (unpaired) electrons. The van der Waals surface area contributed by atoms with Gasteiger partial charge in [0.25, 0.3) is 5.91 Å². The summed E-state index contributed by atoms with van der Waals surface area (Å²) in [7, 11) is 0. The van der Waals surface area contributed by atoms with Crippen molar-refractivity contribution in [3.05, 3.63) is 95.3 Å². The summed E-state index contributed by atoms with van der Waals surface area (Å²) in [6.45, 7) is 2.36. The molecule has 5 nitrogen and oxygen atoms in total. The first-order valence-corrected chi connectivity index (χ1v) is 8.73. The number of anilines is 1. The van der Waals surface area contributed by atoms with Crippen molar-refractivity contribution < 1.29 is 9.59 Å². The molecule has 1 heterocycles. The van der Waals surface area contributed by atoms with Crippen LogP contribution in [0.5, 0.6) is 0 Å². The summed E-state index contributed by atoms with van der Waals surface area (Å²) in [6, 6.07) is 18.7. The van der Waals surface area contributed by atoms with E-state index >= 15 is 0 Å². The van der Waals surface area contributed by atoms with E-state index in [1.54, 1.807) is 18.3 Å². The van der Waals surface area contributed by atoms with Gasteiger partial charge in [-0.2, -0.15) is 0 Å². The zero-order valence-corrected chi connectivity index (χ0v) is 15.1. The number of rotatable bonds is 6. The molecule has 136 valence electrons. The molecule has 2 amide bonds. The second kappa shape index (κ2) is 8.76. The van der Waals surface area contributed by atoms with Gasteiger partial charge in [0.1, 0.15) is 0 Å². The number of amides is 2. The Kier molecular flexibility index (Phi) is 5.94. The van der Waals surface area contributed by atoms with Crippen LogP contribution < -0.4 is 10.6 Å². The average molecular weight is 359 g/mol. The highest BCUT2D eigenvalue weighted by atomic mass is 16.2. The molecule has 3 rings (SSSR count). The summed E-state index contributed by atoms with van der Waals surface area (Å²) in [6.07, 6.45) is 3.46. The highest BCUT2D eigenvalue weighted by Gasteiger charge is 2.10. The number of hydrogen-bond acceptors (Lipinski definition) is 3. The molecule has 0 bridgehead atoms. The maximum Gasteiger partial charge on any atom is 0.257 e. The van der Waals surface area contributed by atoms with Crippen molar-refractivity contribution in [2.45, 2.75) is 19.9 Å². The molecule has 27 heavy (non-hydrogen) atoms. The Hall–Kier alpha value is -3.47. The van der Waals surface area contributed by atoms with E-state index in [0.29, 0.717) is 24.2 Å². The molecule has 1 aromatic heterocycles. The van der Waals surface area contributed by atoms with E-state index in [0.717, 1.165) is 16.7 Å². The van der Waals surface area contributed by atoms with Crippen molar-refractivity contribution in [2.75, 3.05) is 5.32 Å². The molecule has 0 fully saturated rings. The van der Waals surface area contributed by atoms with Gasteiger partial charge in [-0.1, -0.05) is 48.0 Å². The lowest BCUT2D eigenvalue weighted by Gasteiger charge is -2.12. The summed E-state index contributed by atoms with van der Waals surface area (Å²) in [5.74, 6) is -0.297. The van der Waals surface area contributed by atoms with Gasteiger partial charge in [-0.3, -0.25) is 14.6 Å². The van der Waals surface area contributed by atoms with Crippen LogP contribution in [0.1, 0.15) is 27.0 Å². The Bertz CT molecular complexity index is 922. The normalized spacial score (nSPS) is 10.3. The van der Waals surface area contributed by atoms with Gasteiger partial charge >= 0.3 is 0 Å². The van der Waals surface area contributed by atoms with E-state index in [1.807, 2.05) is 55.5 Å². The minimum atomic E-state index is -0.235. The molecule has 0 saturated carbocycles. The van der Waals surface area contributed by atoms with Gasteiger partial charge in [0.05, 0.1) is 12.0 Å². The number of hydrogen-bond donors (Lipinski definition) is 2. The molecule has 2 aromatic carbocycles. The Morgan fingerprint density at radius 1 is 0.963 bits per heavy atom. The van der Waals surface area contributed by atoms with Gasteiger partial charge in [0.2, 0.25) is 5.91 Å². The van der Waals surface area contributed by atoms with E-state index in [2.05, 4.69) is 15.6 Å². The molecule has 0 atom stereocenters. The number of benzene rings is 2. The lowest BCUT2D eigenvalue weighted by molar-refractivity contribution is -0.120. The molecule has 0 aliphatic heterocycles. The molecular weight excluding hydrogens is 338 g/mol. The maximum atomic E-state index is 12.3. The first-order valence-electron chi connectivity index (χ1n) is 8.73. The molecule has 0 unspecified atom stereocenters. The van der Waals surface area contributed by atoms with Gasteiger partial charge in [0.15, 0.2) is 0 Å². The standard InChI is InChI=1S/C22H21N3O2/c1-16-8-10-17(11-9-16)13-21(26)24-15-18-5-2-3-7-20(18)25-22(27)19-6-4-12-23-14-19/h2-12,14H,13,15H2,1H3,(H,24,26)(H,25,27). The maximum absolute atomic E-state index is 12.3. The third-order valence-electron chi connectivity index (χ3n) is 4.15. The Labute approximate surface area is 158 Å². The van der Waals surface area contributed by atoms with Crippen molar-refractivity contribution >= 4 is 17.5 Å². The second-order valence-corrected chi connectivity index (χ2v) is 6.29. The van der Waals surface area contributed by atoms with Crippen molar-refractivity contribution in [3.63, 3.8) is 0 Å². The van der Waals surface area contributed by atoms with Crippen LogP contribution in [-0.2, 0) is 17.8 Å². The van der Waals surface area contributed by atoms with Crippen molar-refractivity contribution in [2.24, 2.45) is 0 Å². The van der Waals surface area contributed by atoms with Crippen molar-refractivity contribution in [1.82, 2.24) is 10.3 Å². The molecule has 0 aliphatic rings. The fraction of sp³-hybridized carbons (Fsp3) is 0.136. The molecule has 2 N–H and O–H groups in total. The molecule has 5 heteroatoms. The smallest absolute Gasteiger partial charge is 0.257 e. The van der Waals surface area contributed by atoms with Gasteiger partial charge in [0, 0.05) is 24.6 Å². The zero-order chi connectivity index (χ0) is 19.1. The van der Waals surface area contributed by atoms with E-state index in [1.165, 1.54) is 6.20 Å². The van der Waals surface area contributed by atoms with Crippen LogP contribution >= 0.6 is 0 Å². The first-order chi connectivity index (χ1) is 13.1. The number of nitrogens with zero attached hydrogens (tertiary/aromatic N) is 1. The van der Waals surface area contributed by atoms with Crippen LogP contribution in [-0.4, -0.2) is 16.8 Å². The van der Waals surface area contributed by atoms with Crippen LogP contribution in [0.2, 0.25) is 0 Å². The van der Waals surface area contributed by atoms with Crippen molar-refractivity contribution in [1.29, 1.82) is 0 Å². The predicted molar refractivity (Wildman–Crippen MR) is 105 cm³/mol. The summed E-state index contributed by atoms with van der Waals surface area (Å²) < 4.78 is 0. The fourth-order valence-corrected chi connectivity index (χ4v) is 2.64. The van der Waals surface area contributed by atoms with Crippen molar-refractivity contribution in [3.8, 4) is 0 Å². The van der Waals surface area contributed by atoms with Gasteiger partial charge < -0.3 is 10.6 Å². The summed E-state index contributed by atoms with van der Waals surface area (Å²) in [5.41, 5.74) is 4.12. The average Bonchev–Trinajstić information content (AvgIpc) is 2.70. The van der Waals surface area contributed by atoms with E-state index in [9.17, 15) is 9.59 Å². The third-order valence-corrected chi connectivity index (χ3v) is 4.15. The van der Waals surface area contributed by atoms with Crippen LogP contribution in [0.25, 0.3) is 0 Å². The Balaban J connectivity index is 1.61. The number of aromatic nitrogens is 1. The van der Waals surface area contributed by atoms with Crippen LogP contribution in [0, 0.1) is 6.92 Å². The first kappa shape index (κ1) is 18.3. The van der Waals surface area contributed by atoms with Crippen LogP contribution in [0.15, 0.2) is 73.1 Å². The number of aryl methyl sites for hydroxylation is 1. The molecule has 0 spiro atoms. The number of pyridine rings is 1. The quantitative estimate of drug-likeness (QED) is 0.708. The third kappa shape index (κ3) is 5.25. The van der Waals surface area contributed by atoms with Crippen LogP contribution in [0.3, 0.4) is 0 Å². The van der Waals surface area contributed by atoms with Gasteiger partial charge in [-0.15, -0.1) is 0 Å². The molecule has 3 aromatic rings. The second-order valence-electron chi connectivity index (χ2n) is 6.29.